The fraction of sp³-hybridized carbons (Fsp3) is 0.182. The maximum Gasteiger partial charge on any atom is 0.254 e. The normalized spacial score (nSPS) is 10.4. The molecule has 5 nitrogen and oxygen atoms in total. The Bertz CT molecular complexity index is 585. The molecule has 0 aliphatic carbocycles. The molecule has 0 unspecified atom stereocenters. The van der Waals surface area contributed by atoms with E-state index in [9.17, 15) is 9.18 Å². The summed E-state index contributed by atoms with van der Waals surface area (Å²) >= 11 is 5.70. The van der Waals surface area contributed by atoms with Gasteiger partial charge in [0.15, 0.2) is 0 Å². The SMILES string of the molecule is Cc1cc(CNC(=O)c2cc(F)cnc2Cl)no1. The highest BCUT2D eigenvalue weighted by Gasteiger charge is 2.13. The smallest absolute Gasteiger partial charge is 0.254 e. The number of carbonyl (C=O) groups excluding carboxylic acids is 1. The number of hydrogen-bond donors (Lipinski definition) is 1. The Morgan fingerprint density at radius 3 is 3.00 bits per heavy atom. The molecule has 0 saturated heterocycles. The van der Waals surface area contributed by atoms with E-state index >= 15 is 0 Å². The number of carbonyl (C=O) groups is 1. The van der Waals surface area contributed by atoms with Crippen LogP contribution in [0.3, 0.4) is 0 Å². The van der Waals surface area contributed by atoms with E-state index in [2.05, 4.69) is 15.5 Å². The van der Waals surface area contributed by atoms with Crippen LogP contribution in [0.5, 0.6) is 0 Å². The summed E-state index contributed by atoms with van der Waals surface area (Å²) in [6, 6.07) is 2.71. The zero-order chi connectivity index (χ0) is 13.1. The molecule has 0 radical (unpaired) electrons. The summed E-state index contributed by atoms with van der Waals surface area (Å²) in [6.45, 7) is 1.91. The number of pyridine rings is 1. The molecule has 7 heteroatoms. The fourth-order valence-corrected chi connectivity index (χ4v) is 1.54. The van der Waals surface area contributed by atoms with Crippen LogP contribution in [-0.4, -0.2) is 16.0 Å². The molecule has 0 spiro atoms. The van der Waals surface area contributed by atoms with E-state index in [0.717, 1.165) is 12.3 Å². The van der Waals surface area contributed by atoms with Crippen molar-refractivity contribution in [3.63, 3.8) is 0 Å². The standard InChI is InChI=1S/C11H9ClFN3O2/c1-6-2-8(16-18-6)5-15-11(17)9-3-7(13)4-14-10(9)12/h2-4H,5H2,1H3,(H,15,17). The molecule has 0 aliphatic rings. The van der Waals surface area contributed by atoms with E-state index < -0.39 is 11.7 Å². The number of rotatable bonds is 3. The summed E-state index contributed by atoms with van der Waals surface area (Å²) < 4.78 is 17.8. The van der Waals surface area contributed by atoms with Crippen LogP contribution in [0.25, 0.3) is 0 Å². The Labute approximate surface area is 107 Å². The molecule has 0 aliphatic heterocycles. The van der Waals surface area contributed by atoms with Crippen LogP contribution in [0, 0.1) is 12.7 Å². The van der Waals surface area contributed by atoms with Crippen LogP contribution in [0.1, 0.15) is 21.8 Å². The van der Waals surface area contributed by atoms with Crippen LogP contribution >= 0.6 is 11.6 Å². The Morgan fingerprint density at radius 1 is 1.56 bits per heavy atom. The van der Waals surface area contributed by atoms with Gasteiger partial charge < -0.3 is 9.84 Å². The van der Waals surface area contributed by atoms with E-state index in [4.69, 9.17) is 16.1 Å². The molecular formula is C11H9ClFN3O2. The number of hydrogen-bond acceptors (Lipinski definition) is 4. The zero-order valence-corrected chi connectivity index (χ0v) is 10.2. The highest BCUT2D eigenvalue weighted by molar-refractivity contribution is 6.32. The van der Waals surface area contributed by atoms with Crippen LogP contribution in [-0.2, 0) is 6.54 Å². The highest BCUT2D eigenvalue weighted by Crippen LogP contribution is 2.13. The van der Waals surface area contributed by atoms with Crippen molar-refractivity contribution in [2.24, 2.45) is 0 Å². The molecule has 2 heterocycles. The predicted molar refractivity (Wildman–Crippen MR) is 61.6 cm³/mol. The Hall–Kier alpha value is -1.95. The molecule has 2 aromatic heterocycles. The van der Waals surface area contributed by atoms with Gasteiger partial charge in [-0.2, -0.15) is 0 Å². The summed E-state index contributed by atoms with van der Waals surface area (Å²) in [5.41, 5.74) is 0.554. The second-order valence-electron chi connectivity index (χ2n) is 3.60. The van der Waals surface area contributed by atoms with E-state index in [0.29, 0.717) is 11.5 Å². The van der Waals surface area contributed by atoms with Crippen LogP contribution < -0.4 is 5.32 Å². The van der Waals surface area contributed by atoms with Crippen molar-refractivity contribution < 1.29 is 13.7 Å². The summed E-state index contributed by atoms with van der Waals surface area (Å²) in [5.74, 6) is -0.501. The second-order valence-corrected chi connectivity index (χ2v) is 3.96. The Morgan fingerprint density at radius 2 is 2.33 bits per heavy atom. The Balaban J connectivity index is 2.05. The second kappa shape index (κ2) is 5.14. The average molecular weight is 270 g/mol. The lowest BCUT2D eigenvalue weighted by Crippen LogP contribution is -2.23. The van der Waals surface area contributed by atoms with E-state index in [1.807, 2.05) is 0 Å². The molecule has 1 amide bonds. The summed E-state index contributed by atoms with van der Waals surface area (Å²) in [4.78, 5) is 15.3. The minimum atomic E-state index is -0.623. The lowest BCUT2D eigenvalue weighted by molar-refractivity contribution is 0.0949. The first-order valence-electron chi connectivity index (χ1n) is 5.07. The van der Waals surface area contributed by atoms with Crippen molar-refractivity contribution in [3.05, 3.63) is 46.3 Å². The third kappa shape index (κ3) is 2.84. The van der Waals surface area contributed by atoms with Crippen molar-refractivity contribution in [2.75, 3.05) is 0 Å². The monoisotopic (exact) mass is 269 g/mol. The van der Waals surface area contributed by atoms with Gasteiger partial charge in [-0.1, -0.05) is 16.8 Å². The van der Waals surface area contributed by atoms with Gasteiger partial charge in [-0.3, -0.25) is 4.79 Å². The first kappa shape index (κ1) is 12.5. The van der Waals surface area contributed by atoms with Crippen LogP contribution in [0.2, 0.25) is 5.15 Å². The number of nitrogens with one attached hydrogen (secondary N) is 1. The quantitative estimate of drug-likeness (QED) is 0.867. The fourth-order valence-electron chi connectivity index (χ4n) is 1.35. The van der Waals surface area contributed by atoms with Crippen molar-refractivity contribution in [1.29, 1.82) is 0 Å². The number of amides is 1. The minimum absolute atomic E-state index is 0.0168. The summed E-state index contributed by atoms with van der Waals surface area (Å²) in [6.07, 6.45) is 0.945. The predicted octanol–water partition coefficient (Wildman–Crippen LogP) is 2.10. The zero-order valence-electron chi connectivity index (χ0n) is 9.41. The maximum atomic E-state index is 12.9. The number of aromatic nitrogens is 2. The topological polar surface area (TPSA) is 68.0 Å². The number of aryl methyl sites for hydroxylation is 1. The lowest BCUT2D eigenvalue weighted by Gasteiger charge is -2.04. The first-order chi connectivity index (χ1) is 8.56. The number of halogens is 2. The van der Waals surface area contributed by atoms with Crippen molar-refractivity contribution in [3.8, 4) is 0 Å². The van der Waals surface area contributed by atoms with Gasteiger partial charge in [-0.05, 0) is 13.0 Å². The average Bonchev–Trinajstić information content (AvgIpc) is 2.75. The number of nitrogens with zero attached hydrogens (tertiary/aromatic N) is 2. The third-order valence-electron chi connectivity index (χ3n) is 2.16. The third-order valence-corrected chi connectivity index (χ3v) is 2.46. The van der Waals surface area contributed by atoms with Gasteiger partial charge in [0.25, 0.3) is 5.91 Å². The molecule has 0 aromatic carbocycles. The van der Waals surface area contributed by atoms with Crippen LogP contribution in [0.4, 0.5) is 4.39 Å². The molecule has 1 N–H and O–H groups in total. The summed E-state index contributed by atoms with van der Waals surface area (Å²) in [7, 11) is 0. The molecule has 2 aromatic rings. The van der Waals surface area contributed by atoms with Gasteiger partial charge in [0, 0.05) is 6.07 Å². The van der Waals surface area contributed by atoms with Gasteiger partial charge in [-0.15, -0.1) is 0 Å². The van der Waals surface area contributed by atoms with Gasteiger partial charge in [-0.25, -0.2) is 9.37 Å². The molecule has 94 valence electrons. The molecule has 18 heavy (non-hydrogen) atoms. The van der Waals surface area contributed by atoms with Gasteiger partial charge >= 0.3 is 0 Å². The van der Waals surface area contributed by atoms with E-state index in [1.165, 1.54) is 0 Å². The Kier molecular flexibility index (Phi) is 3.57. The van der Waals surface area contributed by atoms with Crippen molar-refractivity contribution >= 4 is 17.5 Å². The molecule has 2 rings (SSSR count). The van der Waals surface area contributed by atoms with Crippen LogP contribution in [0.15, 0.2) is 22.9 Å². The van der Waals surface area contributed by atoms with Gasteiger partial charge in [0.2, 0.25) is 0 Å². The van der Waals surface area contributed by atoms with E-state index in [1.54, 1.807) is 13.0 Å². The van der Waals surface area contributed by atoms with Crippen molar-refractivity contribution in [2.45, 2.75) is 13.5 Å². The highest BCUT2D eigenvalue weighted by atomic mass is 35.5. The largest absolute Gasteiger partial charge is 0.361 e. The summed E-state index contributed by atoms with van der Waals surface area (Å²) in [5, 5.41) is 6.20. The maximum absolute atomic E-state index is 12.9. The molecule has 0 fully saturated rings. The van der Waals surface area contributed by atoms with Gasteiger partial charge in [0.05, 0.1) is 18.3 Å². The first-order valence-corrected chi connectivity index (χ1v) is 5.45. The lowest BCUT2D eigenvalue weighted by atomic mass is 10.2. The minimum Gasteiger partial charge on any atom is -0.361 e. The molecule has 0 bridgehead atoms. The van der Waals surface area contributed by atoms with Gasteiger partial charge in [0.1, 0.15) is 22.4 Å². The molecular weight excluding hydrogens is 261 g/mol. The molecule has 0 saturated carbocycles. The molecule has 0 atom stereocenters. The van der Waals surface area contributed by atoms with E-state index in [-0.39, 0.29) is 17.3 Å². The van der Waals surface area contributed by atoms with Crippen molar-refractivity contribution in [1.82, 2.24) is 15.5 Å².